The maximum atomic E-state index is 13.8. The van der Waals surface area contributed by atoms with Gasteiger partial charge >= 0.3 is 0 Å². The summed E-state index contributed by atoms with van der Waals surface area (Å²) in [6, 6.07) is 20.5. The van der Waals surface area contributed by atoms with Crippen LogP contribution in [0.2, 0.25) is 0 Å². The number of carbonyl (C=O) groups excluding carboxylic acids is 1. The van der Waals surface area contributed by atoms with Gasteiger partial charge in [-0.1, -0.05) is 61.2 Å². The van der Waals surface area contributed by atoms with E-state index in [1.54, 1.807) is 11.0 Å². The molecule has 5 rings (SSSR count). The van der Waals surface area contributed by atoms with Crippen molar-refractivity contribution in [2.45, 2.75) is 26.4 Å². The Hall–Kier alpha value is -4.12. The first-order valence-corrected chi connectivity index (χ1v) is 11.2. The number of carbonyl (C=O) groups is 1. The zero-order valence-corrected chi connectivity index (χ0v) is 19.2. The van der Waals surface area contributed by atoms with Crippen molar-refractivity contribution in [1.29, 1.82) is 0 Å². The summed E-state index contributed by atoms with van der Waals surface area (Å²) in [5.74, 6) is 0.534. The second-order valence-electron chi connectivity index (χ2n) is 8.62. The van der Waals surface area contributed by atoms with Crippen molar-refractivity contribution < 1.29 is 13.9 Å². The molecule has 0 radical (unpaired) electrons. The number of benzene rings is 3. The van der Waals surface area contributed by atoms with E-state index < -0.39 is 6.04 Å². The molecule has 5 heteroatoms. The Kier molecular flexibility index (Phi) is 5.54. The van der Waals surface area contributed by atoms with Crippen molar-refractivity contribution in [3.8, 4) is 5.75 Å². The Morgan fingerprint density at radius 1 is 1.03 bits per heavy atom. The molecule has 0 saturated carbocycles. The minimum atomic E-state index is -0.558. The van der Waals surface area contributed by atoms with Gasteiger partial charge in [0.05, 0.1) is 17.0 Å². The molecule has 1 amide bonds. The van der Waals surface area contributed by atoms with E-state index >= 15 is 0 Å². The Bertz CT molecular complexity index is 1450. The minimum absolute atomic E-state index is 0.123. The number of ether oxygens (including phenoxy) is 1. The summed E-state index contributed by atoms with van der Waals surface area (Å²) in [6.45, 7) is 8.28. The summed E-state index contributed by atoms with van der Waals surface area (Å²) in [6.07, 6.45) is 1.68. The SMILES string of the molecule is C=CCOc1ccc(C2c3c(oc4c(C)cc(C)cc4c3=O)C(=O)N2Cc2ccccc2)cc1. The van der Waals surface area contributed by atoms with E-state index in [2.05, 4.69) is 6.58 Å². The first-order valence-electron chi connectivity index (χ1n) is 11.2. The van der Waals surface area contributed by atoms with Crippen molar-refractivity contribution in [1.82, 2.24) is 4.90 Å². The van der Waals surface area contributed by atoms with Gasteiger partial charge in [-0.2, -0.15) is 0 Å². The van der Waals surface area contributed by atoms with E-state index in [9.17, 15) is 9.59 Å². The van der Waals surface area contributed by atoms with Crippen molar-refractivity contribution in [3.05, 3.63) is 123 Å². The fourth-order valence-electron chi connectivity index (χ4n) is 4.67. The van der Waals surface area contributed by atoms with Crippen LogP contribution >= 0.6 is 0 Å². The van der Waals surface area contributed by atoms with Gasteiger partial charge in [-0.15, -0.1) is 0 Å². The minimum Gasteiger partial charge on any atom is -0.490 e. The molecule has 1 atom stereocenters. The number of aryl methyl sites for hydroxylation is 2. The normalized spacial score (nSPS) is 14.9. The predicted octanol–water partition coefficient (Wildman–Crippen LogP) is 5.72. The predicted molar refractivity (Wildman–Crippen MR) is 132 cm³/mol. The van der Waals surface area contributed by atoms with Gasteiger partial charge in [0.25, 0.3) is 5.91 Å². The zero-order valence-electron chi connectivity index (χ0n) is 19.2. The Labute approximate surface area is 197 Å². The summed E-state index contributed by atoms with van der Waals surface area (Å²) in [5.41, 5.74) is 4.31. The highest BCUT2D eigenvalue weighted by atomic mass is 16.5. The second-order valence-corrected chi connectivity index (χ2v) is 8.62. The van der Waals surface area contributed by atoms with Crippen LogP contribution in [0.5, 0.6) is 5.75 Å². The van der Waals surface area contributed by atoms with Gasteiger partial charge in [-0.3, -0.25) is 9.59 Å². The Balaban J connectivity index is 1.69. The maximum absolute atomic E-state index is 13.8. The lowest BCUT2D eigenvalue weighted by molar-refractivity contribution is 0.0714. The third-order valence-corrected chi connectivity index (χ3v) is 6.16. The van der Waals surface area contributed by atoms with Gasteiger partial charge < -0.3 is 14.1 Å². The van der Waals surface area contributed by atoms with Crippen molar-refractivity contribution in [2.75, 3.05) is 6.61 Å². The van der Waals surface area contributed by atoms with Crippen molar-refractivity contribution in [2.24, 2.45) is 0 Å². The Morgan fingerprint density at radius 3 is 2.47 bits per heavy atom. The van der Waals surface area contributed by atoms with Crippen LogP contribution in [0.25, 0.3) is 11.0 Å². The molecular formula is C29H25NO4. The van der Waals surface area contributed by atoms with Crippen LogP contribution in [0.1, 0.15) is 44.4 Å². The molecule has 170 valence electrons. The fraction of sp³-hybridized carbons (Fsp3) is 0.172. The molecule has 0 aliphatic carbocycles. The number of hydrogen-bond acceptors (Lipinski definition) is 4. The molecule has 4 aromatic rings. The van der Waals surface area contributed by atoms with Crippen LogP contribution in [-0.4, -0.2) is 17.4 Å². The summed E-state index contributed by atoms with van der Waals surface area (Å²) in [5, 5.41) is 0.501. The lowest BCUT2D eigenvalue weighted by atomic mass is 9.97. The van der Waals surface area contributed by atoms with E-state index in [1.807, 2.05) is 80.6 Å². The van der Waals surface area contributed by atoms with Gasteiger partial charge in [0.2, 0.25) is 5.76 Å². The quantitative estimate of drug-likeness (QED) is 0.352. The number of nitrogens with zero attached hydrogens (tertiary/aromatic N) is 1. The highest BCUT2D eigenvalue weighted by Gasteiger charge is 2.42. The molecule has 1 aromatic heterocycles. The van der Waals surface area contributed by atoms with Crippen LogP contribution in [0.15, 0.2) is 88.6 Å². The molecule has 0 spiro atoms. The lowest BCUT2D eigenvalue weighted by Gasteiger charge is -2.25. The van der Waals surface area contributed by atoms with Gasteiger partial charge in [0, 0.05) is 6.54 Å². The largest absolute Gasteiger partial charge is 0.490 e. The third-order valence-electron chi connectivity index (χ3n) is 6.16. The highest BCUT2D eigenvalue weighted by Crippen LogP contribution is 2.40. The molecule has 1 aliphatic rings. The second kappa shape index (κ2) is 8.67. The van der Waals surface area contributed by atoms with E-state index in [4.69, 9.17) is 9.15 Å². The van der Waals surface area contributed by atoms with Gasteiger partial charge in [0.1, 0.15) is 17.9 Å². The van der Waals surface area contributed by atoms with Crippen molar-refractivity contribution in [3.63, 3.8) is 0 Å². The molecule has 0 N–H and O–H groups in total. The first-order chi connectivity index (χ1) is 16.5. The average molecular weight is 452 g/mol. The maximum Gasteiger partial charge on any atom is 0.291 e. The molecule has 1 aliphatic heterocycles. The lowest BCUT2D eigenvalue weighted by Crippen LogP contribution is -2.29. The molecule has 0 fully saturated rings. The molecule has 1 unspecified atom stereocenters. The fourth-order valence-corrected chi connectivity index (χ4v) is 4.67. The molecule has 2 heterocycles. The summed E-state index contributed by atoms with van der Waals surface area (Å²) >= 11 is 0. The van der Waals surface area contributed by atoms with Crippen molar-refractivity contribution >= 4 is 16.9 Å². The van der Waals surface area contributed by atoms with Crippen LogP contribution in [0.3, 0.4) is 0 Å². The van der Waals surface area contributed by atoms with Crippen LogP contribution in [0, 0.1) is 13.8 Å². The molecule has 3 aromatic carbocycles. The summed E-state index contributed by atoms with van der Waals surface area (Å²) < 4.78 is 11.8. The van der Waals surface area contributed by atoms with Gasteiger partial charge in [0.15, 0.2) is 5.43 Å². The number of fused-ring (bicyclic) bond motifs is 2. The summed E-state index contributed by atoms with van der Waals surface area (Å²) in [7, 11) is 0. The van der Waals surface area contributed by atoms with Crippen LogP contribution in [0.4, 0.5) is 0 Å². The molecule has 34 heavy (non-hydrogen) atoms. The topological polar surface area (TPSA) is 59.8 Å². The number of amides is 1. The first kappa shape index (κ1) is 21.7. The Morgan fingerprint density at radius 2 is 1.76 bits per heavy atom. The zero-order chi connectivity index (χ0) is 23.8. The van der Waals surface area contributed by atoms with E-state index in [1.165, 1.54) is 0 Å². The van der Waals surface area contributed by atoms with Gasteiger partial charge in [-0.25, -0.2) is 0 Å². The van der Waals surface area contributed by atoms with E-state index in [0.717, 1.165) is 22.3 Å². The molecule has 5 nitrogen and oxygen atoms in total. The van der Waals surface area contributed by atoms with Crippen LogP contribution in [-0.2, 0) is 6.54 Å². The molecular weight excluding hydrogens is 426 g/mol. The van der Waals surface area contributed by atoms with Gasteiger partial charge in [-0.05, 0) is 54.3 Å². The average Bonchev–Trinajstić information content (AvgIpc) is 3.11. The number of hydrogen-bond donors (Lipinski definition) is 0. The van der Waals surface area contributed by atoms with E-state index in [0.29, 0.717) is 35.4 Å². The molecule has 0 bridgehead atoms. The monoisotopic (exact) mass is 451 g/mol. The van der Waals surface area contributed by atoms with Crippen LogP contribution < -0.4 is 10.2 Å². The standard InChI is InChI=1S/C29H25NO4/c1-4-14-33-22-12-10-21(11-13-22)25-24-26(31)23-16-18(2)15-19(3)27(23)34-28(24)29(32)30(25)17-20-8-6-5-7-9-20/h4-13,15-16,25H,1,14,17H2,2-3H3. The summed E-state index contributed by atoms with van der Waals surface area (Å²) in [4.78, 5) is 29.1. The number of rotatable bonds is 6. The highest BCUT2D eigenvalue weighted by molar-refractivity contribution is 5.99. The smallest absolute Gasteiger partial charge is 0.291 e. The molecule has 0 saturated heterocycles. The van der Waals surface area contributed by atoms with E-state index in [-0.39, 0.29) is 17.1 Å². The third kappa shape index (κ3) is 3.69.